The van der Waals surface area contributed by atoms with Crippen molar-refractivity contribution in [1.82, 2.24) is 10.2 Å². The number of carbonyl (C=O) groups excluding carboxylic acids is 1. The van der Waals surface area contributed by atoms with Crippen LogP contribution in [0.2, 0.25) is 0 Å². The van der Waals surface area contributed by atoms with Crippen LogP contribution >= 0.6 is 0 Å². The second kappa shape index (κ2) is 7.88. The summed E-state index contributed by atoms with van der Waals surface area (Å²) >= 11 is 0. The van der Waals surface area contributed by atoms with Gasteiger partial charge in [0.15, 0.2) is 11.5 Å². The third kappa shape index (κ3) is 4.02. The molecule has 1 saturated heterocycles. The lowest BCUT2D eigenvalue weighted by molar-refractivity contribution is -0.130. The molecule has 1 fully saturated rings. The van der Waals surface area contributed by atoms with Gasteiger partial charge < -0.3 is 5.32 Å². The van der Waals surface area contributed by atoms with E-state index in [1.54, 1.807) is 24.3 Å². The molecule has 1 aliphatic heterocycles. The lowest BCUT2D eigenvalue weighted by Crippen LogP contribution is -2.45. The van der Waals surface area contributed by atoms with Gasteiger partial charge in [0.05, 0.1) is 12.8 Å². The summed E-state index contributed by atoms with van der Waals surface area (Å²) in [5, 5.41) is 11.6. The zero-order chi connectivity index (χ0) is 22.1. The molecule has 4 rings (SSSR count). The van der Waals surface area contributed by atoms with Crippen molar-refractivity contribution in [3.8, 4) is 0 Å². The van der Waals surface area contributed by atoms with Gasteiger partial charge in [0.1, 0.15) is 0 Å². The molecule has 0 aliphatic carbocycles. The number of guanidine groups is 1. The van der Waals surface area contributed by atoms with Crippen LogP contribution in [0.15, 0.2) is 84.9 Å². The quantitative estimate of drug-likeness (QED) is 0.555. The van der Waals surface area contributed by atoms with Gasteiger partial charge in [-0.2, -0.15) is 0 Å². The predicted molar refractivity (Wildman–Crippen MR) is 120 cm³/mol. The maximum atomic E-state index is 13.8. The van der Waals surface area contributed by atoms with Gasteiger partial charge in [-0.15, -0.1) is 0 Å². The molecule has 1 amide bonds. The van der Waals surface area contributed by atoms with Crippen molar-refractivity contribution >= 4 is 27.6 Å². The number of benzene rings is 3. The van der Waals surface area contributed by atoms with Gasteiger partial charge in [-0.05, 0) is 28.8 Å². The maximum Gasteiger partial charge on any atom is 0.264 e. The number of amides is 1. The standard InChI is InChI=1S/C23H22N4O3S/c1-31(29,30)26-20-14-8-9-17(15-20)16-27-21(28)23(25-22(27)24,18-10-4-2-5-11-18)19-12-6-3-7-13-19/h2-15,26H,16H2,1H3,(H2,24,25). The second-order valence-corrected chi connectivity index (χ2v) is 9.17. The van der Waals surface area contributed by atoms with E-state index in [0.717, 1.165) is 17.4 Å². The first kappa shape index (κ1) is 20.6. The fourth-order valence-electron chi connectivity index (χ4n) is 3.82. The molecule has 0 saturated carbocycles. The van der Waals surface area contributed by atoms with Crippen LogP contribution in [0.5, 0.6) is 0 Å². The van der Waals surface area contributed by atoms with E-state index >= 15 is 0 Å². The summed E-state index contributed by atoms with van der Waals surface area (Å²) in [6, 6.07) is 25.5. The van der Waals surface area contributed by atoms with E-state index in [0.29, 0.717) is 11.3 Å². The van der Waals surface area contributed by atoms with E-state index in [1.807, 2.05) is 60.7 Å². The fraction of sp³-hybridized carbons (Fsp3) is 0.130. The number of rotatable bonds is 6. The summed E-state index contributed by atoms with van der Waals surface area (Å²) in [5.74, 6) is -0.282. The van der Waals surface area contributed by atoms with Crippen LogP contribution in [0, 0.1) is 5.41 Å². The Morgan fingerprint density at radius 2 is 1.52 bits per heavy atom. The minimum atomic E-state index is -3.42. The Bertz CT molecular complexity index is 1190. The zero-order valence-corrected chi connectivity index (χ0v) is 17.7. The van der Waals surface area contributed by atoms with Crippen molar-refractivity contribution in [2.24, 2.45) is 0 Å². The van der Waals surface area contributed by atoms with E-state index in [-0.39, 0.29) is 18.4 Å². The largest absolute Gasteiger partial charge is 0.334 e. The molecule has 0 bridgehead atoms. The van der Waals surface area contributed by atoms with Crippen LogP contribution in [-0.2, 0) is 26.9 Å². The van der Waals surface area contributed by atoms with Gasteiger partial charge in [-0.25, -0.2) is 8.42 Å². The molecule has 158 valence electrons. The number of hydrogen-bond donors (Lipinski definition) is 3. The van der Waals surface area contributed by atoms with Gasteiger partial charge in [0, 0.05) is 5.69 Å². The Labute approximate surface area is 181 Å². The topological polar surface area (TPSA) is 102 Å². The summed E-state index contributed by atoms with van der Waals surface area (Å²) in [4.78, 5) is 15.1. The molecule has 1 aliphatic rings. The van der Waals surface area contributed by atoms with E-state index in [1.165, 1.54) is 4.90 Å². The summed E-state index contributed by atoms with van der Waals surface area (Å²) in [7, 11) is -3.42. The van der Waals surface area contributed by atoms with Crippen LogP contribution < -0.4 is 10.0 Å². The Hall–Kier alpha value is -3.65. The van der Waals surface area contributed by atoms with Crippen LogP contribution in [0.3, 0.4) is 0 Å². The first-order valence-corrected chi connectivity index (χ1v) is 11.6. The first-order valence-electron chi connectivity index (χ1n) is 9.66. The molecule has 0 atom stereocenters. The van der Waals surface area contributed by atoms with Crippen molar-refractivity contribution < 1.29 is 13.2 Å². The average Bonchev–Trinajstić information content (AvgIpc) is 3.00. The molecular weight excluding hydrogens is 412 g/mol. The first-order chi connectivity index (χ1) is 14.8. The van der Waals surface area contributed by atoms with Crippen LogP contribution in [0.4, 0.5) is 5.69 Å². The highest BCUT2D eigenvalue weighted by molar-refractivity contribution is 7.92. The third-order valence-corrected chi connectivity index (χ3v) is 5.73. The number of nitrogens with one attached hydrogen (secondary N) is 3. The SMILES string of the molecule is CS(=O)(=O)Nc1cccc(CN2C(=N)NC(c3ccccc3)(c3ccccc3)C2=O)c1. The lowest BCUT2D eigenvalue weighted by Gasteiger charge is -2.28. The highest BCUT2D eigenvalue weighted by atomic mass is 32.2. The molecule has 0 spiro atoms. The monoisotopic (exact) mass is 434 g/mol. The summed E-state index contributed by atoms with van der Waals surface area (Å²) in [6.45, 7) is 0.130. The maximum absolute atomic E-state index is 13.8. The van der Waals surface area contributed by atoms with Gasteiger partial charge in [-0.1, -0.05) is 72.8 Å². The number of hydrogen-bond acceptors (Lipinski definition) is 4. The molecule has 1 heterocycles. The van der Waals surface area contributed by atoms with E-state index in [4.69, 9.17) is 5.41 Å². The average molecular weight is 435 g/mol. The normalized spacial score (nSPS) is 15.6. The van der Waals surface area contributed by atoms with Crippen molar-refractivity contribution in [1.29, 1.82) is 5.41 Å². The molecule has 8 heteroatoms. The molecule has 31 heavy (non-hydrogen) atoms. The Balaban J connectivity index is 1.71. The van der Waals surface area contributed by atoms with E-state index < -0.39 is 15.6 Å². The number of nitrogens with zero attached hydrogens (tertiary/aromatic N) is 1. The Morgan fingerprint density at radius 3 is 2.06 bits per heavy atom. The molecule has 3 aromatic carbocycles. The van der Waals surface area contributed by atoms with Gasteiger partial charge in [-0.3, -0.25) is 19.8 Å². The van der Waals surface area contributed by atoms with Crippen molar-refractivity contribution in [3.63, 3.8) is 0 Å². The van der Waals surface area contributed by atoms with Crippen molar-refractivity contribution in [2.75, 3.05) is 11.0 Å². The van der Waals surface area contributed by atoms with Crippen molar-refractivity contribution in [2.45, 2.75) is 12.1 Å². The third-order valence-electron chi connectivity index (χ3n) is 5.13. The number of carbonyl (C=O) groups is 1. The minimum absolute atomic E-state index is 0.0146. The Kier molecular flexibility index (Phi) is 5.24. The highest BCUT2D eigenvalue weighted by Gasteiger charge is 2.52. The zero-order valence-electron chi connectivity index (χ0n) is 16.9. The number of anilines is 1. The molecular formula is C23H22N4O3S. The van der Waals surface area contributed by atoms with Gasteiger partial charge in [0.25, 0.3) is 5.91 Å². The van der Waals surface area contributed by atoms with E-state index in [2.05, 4.69) is 10.0 Å². The summed E-state index contributed by atoms with van der Waals surface area (Å²) in [5.41, 5.74) is 1.38. The Morgan fingerprint density at radius 1 is 0.935 bits per heavy atom. The minimum Gasteiger partial charge on any atom is -0.334 e. The van der Waals surface area contributed by atoms with E-state index in [9.17, 15) is 13.2 Å². The van der Waals surface area contributed by atoms with Crippen LogP contribution in [0.25, 0.3) is 0 Å². The fourth-order valence-corrected chi connectivity index (χ4v) is 4.37. The molecule has 0 aromatic heterocycles. The molecule has 3 N–H and O–H groups in total. The lowest BCUT2D eigenvalue weighted by atomic mass is 9.82. The molecule has 0 unspecified atom stereocenters. The van der Waals surface area contributed by atoms with Crippen molar-refractivity contribution in [3.05, 3.63) is 102 Å². The predicted octanol–water partition coefficient (Wildman–Crippen LogP) is 2.87. The van der Waals surface area contributed by atoms with Crippen LogP contribution in [0.1, 0.15) is 16.7 Å². The van der Waals surface area contributed by atoms with Gasteiger partial charge in [0.2, 0.25) is 10.0 Å². The smallest absolute Gasteiger partial charge is 0.264 e. The van der Waals surface area contributed by atoms with Gasteiger partial charge >= 0.3 is 0 Å². The highest BCUT2D eigenvalue weighted by Crippen LogP contribution is 2.36. The summed E-state index contributed by atoms with van der Waals surface area (Å²) < 4.78 is 25.5. The number of sulfonamides is 1. The molecule has 3 aromatic rings. The van der Waals surface area contributed by atoms with Crippen LogP contribution in [-0.4, -0.2) is 31.4 Å². The molecule has 7 nitrogen and oxygen atoms in total. The second-order valence-electron chi connectivity index (χ2n) is 7.42. The summed E-state index contributed by atoms with van der Waals surface area (Å²) in [6.07, 6.45) is 1.08. The molecule has 0 radical (unpaired) electrons.